The summed E-state index contributed by atoms with van der Waals surface area (Å²) in [4.78, 5) is 12.9. The van der Waals surface area contributed by atoms with Gasteiger partial charge in [0.2, 0.25) is 0 Å². The second-order valence-electron chi connectivity index (χ2n) is 10.2. The second-order valence-corrected chi connectivity index (χ2v) is 10.2. The monoisotopic (exact) mass is 523 g/mol. The minimum Gasteiger partial charge on any atom is -0.396 e. The number of hydrogen-bond donors (Lipinski definition) is 3. The molecule has 0 saturated heterocycles. The quantitative estimate of drug-likeness (QED) is 0.161. The lowest BCUT2D eigenvalue weighted by Gasteiger charge is -2.08. The van der Waals surface area contributed by atoms with Crippen molar-refractivity contribution in [3.05, 3.63) is 101 Å². The largest absolute Gasteiger partial charge is 0.396 e. The molecule has 0 bridgehead atoms. The first-order chi connectivity index (χ1) is 19.0. The molecule has 1 heterocycles. The molecule has 1 amide bonds. The zero-order chi connectivity index (χ0) is 27.9. The fraction of sp³-hybridized carbons (Fsp3) is 0.353. The predicted molar refractivity (Wildman–Crippen MR) is 161 cm³/mol. The number of unbranched alkanes of at least 4 members (excludes halogenated alkanes) is 2. The number of rotatable bonds is 14. The van der Waals surface area contributed by atoms with Gasteiger partial charge in [-0.3, -0.25) is 9.89 Å². The number of aromatic amines is 1. The van der Waals surface area contributed by atoms with Crippen molar-refractivity contribution in [1.29, 1.82) is 0 Å². The van der Waals surface area contributed by atoms with Crippen molar-refractivity contribution in [1.82, 2.24) is 15.5 Å². The first kappa shape index (κ1) is 29.7. The van der Waals surface area contributed by atoms with Crippen molar-refractivity contribution >= 4 is 17.6 Å². The molecule has 0 fully saturated rings. The number of carbonyl (C=O) groups excluding carboxylic acids is 1. The van der Waals surface area contributed by atoms with Crippen LogP contribution < -0.4 is 5.32 Å². The number of aliphatic hydroxyl groups is 1. The van der Waals surface area contributed by atoms with Gasteiger partial charge in [0.25, 0.3) is 5.91 Å². The Morgan fingerprint density at radius 1 is 1.10 bits per heavy atom. The molecule has 39 heavy (non-hydrogen) atoms. The molecule has 3 aromatic rings. The van der Waals surface area contributed by atoms with E-state index in [0.717, 1.165) is 78.3 Å². The summed E-state index contributed by atoms with van der Waals surface area (Å²) in [5.41, 5.74) is 6.61. The number of aryl methyl sites for hydroxylation is 1. The number of benzene rings is 2. The Morgan fingerprint density at radius 2 is 1.90 bits per heavy atom. The Labute approximate surface area is 233 Å². The summed E-state index contributed by atoms with van der Waals surface area (Å²) in [6.07, 6.45) is 15.0. The third kappa shape index (κ3) is 10.4. The summed E-state index contributed by atoms with van der Waals surface area (Å²) in [5.74, 6) is 7.04. The van der Waals surface area contributed by atoms with Crippen molar-refractivity contribution in [2.45, 2.75) is 58.8 Å². The number of nitrogens with zero attached hydrogens (tertiary/aromatic N) is 1. The number of allylic oxidation sites excluding steroid dienone is 2. The normalized spacial score (nSPS) is 11.7. The van der Waals surface area contributed by atoms with Gasteiger partial charge < -0.3 is 10.4 Å². The van der Waals surface area contributed by atoms with Crippen LogP contribution in [0.3, 0.4) is 0 Å². The molecule has 3 N–H and O–H groups in total. The number of carbonyl (C=O) groups is 1. The average Bonchev–Trinajstić information content (AvgIpc) is 3.46. The maximum absolute atomic E-state index is 12.9. The van der Waals surface area contributed by atoms with Crippen LogP contribution in [0.4, 0.5) is 0 Å². The van der Waals surface area contributed by atoms with Crippen molar-refractivity contribution < 1.29 is 9.90 Å². The highest BCUT2D eigenvalue weighted by Crippen LogP contribution is 2.17. The molecule has 0 spiro atoms. The highest BCUT2D eigenvalue weighted by Gasteiger charge is 2.08. The average molecular weight is 524 g/mol. The molecule has 0 saturated carbocycles. The van der Waals surface area contributed by atoms with E-state index in [9.17, 15) is 4.79 Å². The Bertz CT molecular complexity index is 1280. The van der Waals surface area contributed by atoms with Gasteiger partial charge in [0.1, 0.15) is 0 Å². The van der Waals surface area contributed by atoms with E-state index in [-0.39, 0.29) is 12.5 Å². The number of nitrogens with one attached hydrogen (secondary N) is 2. The summed E-state index contributed by atoms with van der Waals surface area (Å²) in [6, 6.07) is 13.8. The van der Waals surface area contributed by atoms with Crippen molar-refractivity contribution in [3.63, 3.8) is 0 Å². The Hall–Kier alpha value is -3.88. The van der Waals surface area contributed by atoms with E-state index in [0.29, 0.717) is 18.0 Å². The lowest BCUT2D eigenvalue weighted by molar-refractivity contribution is 0.0953. The van der Waals surface area contributed by atoms with Crippen LogP contribution in [-0.2, 0) is 6.42 Å². The van der Waals surface area contributed by atoms with Crippen LogP contribution >= 0.6 is 0 Å². The first-order valence-electron chi connectivity index (χ1n) is 13.9. The molecular formula is C34H41N3O2. The molecule has 0 aliphatic rings. The summed E-state index contributed by atoms with van der Waals surface area (Å²) in [6.45, 7) is 9.04. The summed E-state index contributed by atoms with van der Waals surface area (Å²) in [7, 11) is 0. The molecule has 5 heteroatoms. The SMILES string of the molecule is C=C(C)c1ccc(C#Cc2cc(C(=O)NCCCc3cn[nH]c3)ccc2/C=C/CCCCC(C)CCO)cc1. The molecule has 1 unspecified atom stereocenters. The summed E-state index contributed by atoms with van der Waals surface area (Å²) >= 11 is 0. The highest BCUT2D eigenvalue weighted by atomic mass is 16.3. The standard InChI is InChI=1S/C34H41N3O2/c1-26(2)30-15-12-28(13-16-30)14-17-32-23-33(34(39)35-21-8-10-29-24-36-37-25-29)19-18-31(32)11-7-5-4-6-9-27(3)20-22-38/h7,11-13,15-16,18-19,23-25,27,38H,1,4-6,8-10,20-22H2,2-3H3,(H,35,39)(H,36,37)/b11-7+. The molecule has 3 rings (SSSR count). The van der Waals surface area contributed by atoms with Crippen LogP contribution in [0.2, 0.25) is 0 Å². The fourth-order valence-electron chi connectivity index (χ4n) is 4.27. The van der Waals surface area contributed by atoms with Crippen molar-refractivity contribution in [2.75, 3.05) is 13.2 Å². The third-order valence-electron chi connectivity index (χ3n) is 6.75. The Kier molecular flexibility index (Phi) is 12.3. The highest BCUT2D eigenvalue weighted by molar-refractivity contribution is 5.95. The predicted octanol–water partition coefficient (Wildman–Crippen LogP) is 6.80. The van der Waals surface area contributed by atoms with E-state index >= 15 is 0 Å². The topological polar surface area (TPSA) is 78.0 Å². The fourth-order valence-corrected chi connectivity index (χ4v) is 4.27. The molecule has 1 aromatic heterocycles. The van der Waals surface area contributed by atoms with Gasteiger partial charge in [0, 0.05) is 36.0 Å². The molecule has 0 radical (unpaired) electrons. The molecule has 204 valence electrons. The van der Waals surface area contributed by atoms with Crippen molar-refractivity contribution in [2.24, 2.45) is 5.92 Å². The molecule has 2 aromatic carbocycles. The van der Waals surface area contributed by atoms with Crippen LogP contribution in [0.5, 0.6) is 0 Å². The van der Waals surface area contributed by atoms with Crippen LogP contribution in [0, 0.1) is 17.8 Å². The van der Waals surface area contributed by atoms with Gasteiger partial charge >= 0.3 is 0 Å². The van der Waals surface area contributed by atoms with Gasteiger partial charge in [-0.05, 0) is 85.9 Å². The van der Waals surface area contributed by atoms with Gasteiger partial charge in [-0.1, -0.05) is 74.1 Å². The van der Waals surface area contributed by atoms with E-state index in [4.69, 9.17) is 5.11 Å². The van der Waals surface area contributed by atoms with Gasteiger partial charge in [0.15, 0.2) is 0 Å². The molecule has 0 aliphatic heterocycles. The van der Waals surface area contributed by atoms with E-state index < -0.39 is 0 Å². The lowest BCUT2D eigenvalue weighted by Crippen LogP contribution is -2.24. The van der Waals surface area contributed by atoms with E-state index in [1.165, 1.54) is 0 Å². The molecule has 5 nitrogen and oxygen atoms in total. The minimum absolute atomic E-state index is 0.0939. The zero-order valence-corrected chi connectivity index (χ0v) is 23.3. The number of H-pyrrole nitrogens is 1. The second kappa shape index (κ2) is 16.2. The van der Waals surface area contributed by atoms with Crippen LogP contribution in [0.25, 0.3) is 11.6 Å². The van der Waals surface area contributed by atoms with Crippen molar-refractivity contribution in [3.8, 4) is 11.8 Å². The summed E-state index contributed by atoms with van der Waals surface area (Å²) in [5, 5.41) is 18.9. The van der Waals surface area contributed by atoms with Gasteiger partial charge in [0.05, 0.1) is 6.20 Å². The number of aromatic nitrogens is 2. The minimum atomic E-state index is -0.0939. The zero-order valence-electron chi connectivity index (χ0n) is 23.3. The Balaban J connectivity index is 1.68. The first-order valence-corrected chi connectivity index (χ1v) is 13.9. The van der Waals surface area contributed by atoms with Gasteiger partial charge in [-0.2, -0.15) is 5.10 Å². The van der Waals surface area contributed by atoms with Crippen LogP contribution in [0.1, 0.15) is 90.5 Å². The maximum Gasteiger partial charge on any atom is 0.251 e. The third-order valence-corrected chi connectivity index (χ3v) is 6.75. The van der Waals surface area contributed by atoms with Crippen LogP contribution in [0.15, 0.2) is 67.5 Å². The number of amides is 1. The molecule has 1 atom stereocenters. The smallest absolute Gasteiger partial charge is 0.251 e. The van der Waals surface area contributed by atoms with E-state index in [2.05, 4.69) is 53.0 Å². The lowest BCUT2D eigenvalue weighted by atomic mass is 9.99. The summed E-state index contributed by atoms with van der Waals surface area (Å²) < 4.78 is 0. The molecule has 0 aliphatic carbocycles. The Morgan fingerprint density at radius 3 is 2.62 bits per heavy atom. The van der Waals surface area contributed by atoms with E-state index in [1.54, 1.807) is 0 Å². The number of aliphatic hydroxyl groups excluding tert-OH is 1. The number of hydrogen-bond acceptors (Lipinski definition) is 3. The van der Waals surface area contributed by atoms with Gasteiger partial charge in [-0.15, -0.1) is 0 Å². The van der Waals surface area contributed by atoms with Gasteiger partial charge in [-0.25, -0.2) is 0 Å². The van der Waals surface area contributed by atoms with Crippen LogP contribution in [-0.4, -0.2) is 34.4 Å². The maximum atomic E-state index is 12.9. The van der Waals surface area contributed by atoms with E-state index in [1.807, 2.05) is 61.8 Å². The molecular weight excluding hydrogens is 482 g/mol.